The molecule has 0 unspecified atom stereocenters. The molecular weight excluding hydrogens is 216 g/mol. The molecule has 0 saturated carbocycles. The number of rotatable bonds is 4. The molecule has 0 radical (unpaired) electrons. The van der Waals surface area contributed by atoms with Crippen LogP contribution in [0.5, 0.6) is 0 Å². The first-order chi connectivity index (χ1) is 8.62. The van der Waals surface area contributed by atoms with Crippen molar-refractivity contribution in [3.8, 4) is 0 Å². The molecule has 0 nitrogen and oxygen atoms in total. The Labute approximate surface area is 116 Å². The number of unbranched alkanes of at least 4 members (excludes halogenated alkanes) is 4. The van der Waals surface area contributed by atoms with Crippen molar-refractivity contribution in [1.29, 1.82) is 0 Å². The van der Waals surface area contributed by atoms with E-state index in [0.29, 0.717) is 0 Å². The SMILES string of the molecule is CCCCC.CCCCC.Cc1ccc(C)cc1. The molecule has 0 heteroatoms. The summed E-state index contributed by atoms with van der Waals surface area (Å²) in [6.07, 6.45) is 8.15. The monoisotopic (exact) mass is 250 g/mol. The minimum absolute atomic E-state index is 1.33. The van der Waals surface area contributed by atoms with Crippen molar-refractivity contribution >= 4 is 0 Å². The highest BCUT2D eigenvalue weighted by molar-refractivity contribution is 5.19. The van der Waals surface area contributed by atoms with Gasteiger partial charge < -0.3 is 0 Å². The minimum atomic E-state index is 1.33. The van der Waals surface area contributed by atoms with Crippen molar-refractivity contribution in [2.75, 3.05) is 0 Å². The number of benzene rings is 1. The molecule has 0 aromatic heterocycles. The third kappa shape index (κ3) is 17.6. The standard InChI is InChI=1S/C8H10.2C5H12/c1-7-3-5-8(2)6-4-7;2*1-3-5-4-2/h3-6H,1-2H3;2*3-5H2,1-2H3. The molecule has 18 heavy (non-hydrogen) atoms. The zero-order valence-electron chi connectivity index (χ0n) is 13.6. The lowest BCUT2D eigenvalue weighted by Crippen LogP contribution is -1.70. The maximum Gasteiger partial charge on any atom is -0.0398 e. The van der Waals surface area contributed by atoms with Crippen molar-refractivity contribution < 1.29 is 0 Å². The number of hydrogen-bond donors (Lipinski definition) is 0. The minimum Gasteiger partial charge on any atom is -0.0654 e. The first-order valence-corrected chi connectivity index (χ1v) is 7.65. The van der Waals surface area contributed by atoms with E-state index in [2.05, 4.69) is 65.8 Å². The molecule has 106 valence electrons. The van der Waals surface area contributed by atoms with Gasteiger partial charge in [0.1, 0.15) is 0 Å². The van der Waals surface area contributed by atoms with Crippen molar-refractivity contribution in [1.82, 2.24) is 0 Å². The van der Waals surface area contributed by atoms with E-state index in [0.717, 1.165) is 0 Å². The smallest absolute Gasteiger partial charge is 0.0398 e. The summed E-state index contributed by atoms with van der Waals surface area (Å²) in [7, 11) is 0. The Hall–Kier alpha value is -0.780. The van der Waals surface area contributed by atoms with Crippen molar-refractivity contribution in [3.63, 3.8) is 0 Å². The number of hydrogen-bond acceptors (Lipinski definition) is 0. The quantitative estimate of drug-likeness (QED) is 0.558. The number of aryl methyl sites for hydroxylation is 2. The molecule has 1 aromatic carbocycles. The Morgan fingerprint density at radius 3 is 0.889 bits per heavy atom. The second-order valence-corrected chi connectivity index (χ2v) is 4.86. The predicted molar refractivity (Wildman–Crippen MR) is 86.3 cm³/mol. The van der Waals surface area contributed by atoms with Crippen LogP contribution in [0.3, 0.4) is 0 Å². The summed E-state index contributed by atoms with van der Waals surface area (Å²) in [4.78, 5) is 0. The van der Waals surface area contributed by atoms with Gasteiger partial charge in [0.2, 0.25) is 0 Å². The molecule has 0 spiro atoms. The average Bonchev–Trinajstić information content (AvgIpc) is 2.37. The fourth-order valence-electron chi connectivity index (χ4n) is 1.34. The van der Waals surface area contributed by atoms with Gasteiger partial charge in [-0.15, -0.1) is 0 Å². The van der Waals surface area contributed by atoms with E-state index >= 15 is 0 Å². The predicted octanol–water partition coefficient (Wildman–Crippen LogP) is 6.70. The summed E-state index contributed by atoms with van der Waals surface area (Å²) in [5, 5.41) is 0. The van der Waals surface area contributed by atoms with Gasteiger partial charge >= 0.3 is 0 Å². The lowest BCUT2D eigenvalue weighted by Gasteiger charge is -1.90. The van der Waals surface area contributed by atoms with E-state index in [-0.39, 0.29) is 0 Å². The summed E-state index contributed by atoms with van der Waals surface area (Å²) < 4.78 is 0. The van der Waals surface area contributed by atoms with Crippen LogP contribution in [0.25, 0.3) is 0 Å². The Morgan fingerprint density at radius 1 is 0.556 bits per heavy atom. The van der Waals surface area contributed by atoms with Crippen LogP contribution >= 0.6 is 0 Å². The third-order valence-electron chi connectivity index (χ3n) is 2.63. The Kier molecular flexibility index (Phi) is 17.6. The van der Waals surface area contributed by atoms with Crippen LogP contribution in [0, 0.1) is 13.8 Å². The fourth-order valence-corrected chi connectivity index (χ4v) is 1.34. The van der Waals surface area contributed by atoms with E-state index in [1.807, 2.05) is 0 Å². The topological polar surface area (TPSA) is 0 Å². The van der Waals surface area contributed by atoms with Gasteiger partial charge in [-0.2, -0.15) is 0 Å². The zero-order chi connectivity index (χ0) is 14.2. The Morgan fingerprint density at radius 2 is 0.778 bits per heavy atom. The molecule has 0 bridgehead atoms. The van der Waals surface area contributed by atoms with Crippen LogP contribution in [0.1, 0.15) is 77.3 Å². The van der Waals surface area contributed by atoms with Crippen LogP contribution in [-0.4, -0.2) is 0 Å². The molecule has 0 amide bonds. The maximum atomic E-state index is 2.21. The maximum absolute atomic E-state index is 2.21. The molecule has 0 atom stereocenters. The normalized spacial score (nSPS) is 8.78. The molecule has 1 rings (SSSR count). The first-order valence-electron chi connectivity index (χ1n) is 7.65. The summed E-state index contributed by atoms with van der Waals surface area (Å²) in [5.41, 5.74) is 2.66. The van der Waals surface area contributed by atoms with Crippen LogP contribution in [0.2, 0.25) is 0 Å². The van der Waals surface area contributed by atoms with Gasteiger partial charge in [0, 0.05) is 0 Å². The summed E-state index contributed by atoms with van der Waals surface area (Å²) in [6, 6.07) is 8.48. The second-order valence-electron chi connectivity index (χ2n) is 4.86. The van der Waals surface area contributed by atoms with Gasteiger partial charge in [-0.1, -0.05) is 102 Å². The van der Waals surface area contributed by atoms with Crippen LogP contribution in [0.15, 0.2) is 24.3 Å². The molecule has 0 aliphatic rings. The summed E-state index contributed by atoms with van der Waals surface area (Å²) >= 11 is 0. The highest BCUT2D eigenvalue weighted by Gasteiger charge is 1.79. The van der Waals surface area contributed by atoms with E-state index in [1.54, 1.807) is 0 Å². The largest absolute Gasteiger partial charge is 0.0654 e. The Balaban J connectivity index is 0. The first kappa shape index (κ1) is 19.6. The second kappa shape index (κ2) is 16.2. The Bertz CT molecular complexity index is 202. The highest BCUT2D eigenvalue weighted by Crippen LogP contribution is 1.99. The lowest BCUT2D eigenvalue weighted by molar-refractivity contribution is 0.772. The van der Waals surface area contributed by atoms with E-state index < -0.39 is 0 Å². The van der Waals surface area contributed by atoms with Crippen LogP contribution in [-0.2, 0) is 0 Å². The van der Waals surface area contributed by atoms with Gasteiger partial charge in [-0.25, -0.2) is 0 Å². The van der Waals surface area contributed by atoms with E-state index in [4.69, 9.17) is 0 Å². The van der Waals surface area contributed by atoms with Crippen LogP contribution < -0.4 is 0 Å². The average molecular weight is 250 g/mol. The summed E-state index contributed by atoms with van der Waals surface area (Å²) in [5.74, 6) is 0. The van der Waals surface area contributed by atoms with Crippen molar-refractivity contribution in [3.05, 3.63) is 35.4 Å². The molecule has 0 saturated heterocycles. The molecule has 0 N–H and O–H groups in total. The summed E-state index contributed by atoms with van der Waals surface area (Å²) in [6.45, 7) is 13.0. The highest BCUT2D eigenvalue weighted by atomic mass is 13.9. The van der Waals surface area contributed by atoms with Gasteiger partial charge in [0.15, 0.2) is 0 Å². The fraction of sp³-hybridized carbons (Fsp3) is 0.667. The van der Waals surface area contributed by atoms with Gasteiger partial charge in [0.05, 0.1) is 0 Å². The molecule has 0 aliphatic heterocycles. The van der Waals surface area contributed by atoms with E-state index in [1.165, 1.54) is 49.7 Å². The molecule has 0 heterocycles. The molecule has 0 aliphatic carbocycles. The van der Waals surface area contributed by atoms with Crippen molar-refractivity contribution in [2.45, 2.75) is 80.1 Å². The van der Waals surface area contributed by atoms with Crippen molar-refractivity contribution in [2.24, 2.45) is 0 Å². The van der Waals surface area contributed by atoms with Gasteiger partial charge in [0.25, 0.3) is 0 Å². The molecular formula is C18H34. The zero-order valence-corrected chi connectivity index (χ0v) is 13.6. The van der Waals surface area contributed by atoms with Crippen LogP contribution in [0.4, 0.5) is 0 Å². The third-order valence-corrected chi connectivity index (χ3v) is 2.63. The van der Waals surface area contributed by atoms with E-state index in [9.17, 15) is 0 Å². The lowest BCUT2D eigenvalue weighted by atomic mass is 10.2. The van der Waals surface area contributed by atoms with Gasteiger partial charge in [-0.3, -0.25) is 0 Å². The molecule has 1 aromatic rings. The molecule has 0 fully saturated rings. The van der Waals surface area contributed by atoms with Gasteiger partial charge in [-0.05, 0) is 13.8 Å².